The SMILES string of the molecule is CN=C(NCc1cccc(OCC(F)F)c1)NCC(C)(C)SC. The van der Waals surface area contributed by atoms with Gasteiger partial charge in [-0.05, 0) is 37.8 Å². The van der Waals surface area contributed by atoms with Crippen LogP contribution in [0.15, 0.2) is 29.3 Å². The summed E-state index contributed by atoms with van der Waals surface area (Å²) in [4.78, 5) is 4.18. The van der Waals surface area contributed by atoms with E-state index in [0.717, 1.165) is 12.1 Å². The molecule has 0 spiro atoms. The van der Waals surface area contributed by atoms with Gasteiger partial charge in [0.05, 0.1) is 0 Å². The van der Waals surface area contributed by atoms with Crippen molar-refractivity contribution in [3.8, 4) is 5.75 Å². The van der Waals surface area contributed by atoms with Crippen molar-refractivity contribution in [1.29, 1.82) is 0 Å². The zero-order valence-corrected chi connectivity index (χ0v) is 14.8. The Morgan fingerprint density at radius 1 is 1.35 bits per heavy atom. The fourth-order valence-electron chi connectivity index (χ4n) is 1.68. The first-order chi connectivity index (χ1) is 10.9. The third-order valence-corrected chi connectivity index (χ3v) is 4.44. The predicted molar refractivity (Wildman–Crippen MR) is 93.7 cm³/mol. The van der Waals surface area contributed by atoms with Crippen LogP contribution in [0.25, 0.3) is 0 Å². The zero-order valence-electron chi connectivity index (χ0n) is 14.0. The first-order valence-electron chi connectivity index (χ1n) is 7.36. The molecule has 2 N–H and O–H groups in total. The van der Waals surface area contributed by atoms with Crippen molar-refractivity contribution >= 4 is 17.7 Å². The van der Waals surface area contributed by atoms with E-state index in [1.165, 1.54) is 0 Å². The number of aliphatic imine (C=N–C) groups is 1. The summed E-state index contributed by atoms with van der Waals surface area (Å²) < 4.78 is 29.5. The molecule has 0 saturated heterocycles. The van der Waals surface area contributed by atoms with Crippen molar-refractivity contribution < 1.29 is 13.5 Å². The number of halogens is 2. The van der Waals surface area contributed by atoms with E-state index in [1.807, 2.05) is 6.07 Å². The second-order valence-electron chi connectivity index (χ2n) is 5.59. The lowest BCUT2D eigenvalue weighted by atomic mass is 10.2. The molecule has 0 radical (unpaired) electrons. The van der Waals surface area contributed by atoms with Gasteiger partial charge in [0, 0.05) is 24.9 Å². The number of guanidine groups is 1. The molecule has 0 atom stereocenters. The van der Waals surface area contributed by atoms with Crippen molar-refractivity contribution in [1.82, 2.24) is 10.6 Å². The Bertz CT molecular complexity index is 510. The molecule has 0 aromatic heterocycles. The number of ether oxygens (including phenoxy) is 1. The van der Waals surface area contributed by atoms with Gasteiger partial charge in [-0.1, -0.05) is 12.1 Å². The number of nitrogens with zero attached hydrogens (tertiary/aromatic N) is 1. The minimum atomic E-state index is -2.47. The minimum absolute atomic E-state index is 0.112. The first-order valence-corrected chi connectivity index (χ1v) is 8.58. The summed E-state index contributed by atoms with van der Waals surface area (Å²) >= 11 is 1.78. The highest BCUT2D eigenvalue weighted by Gasteiger charge is 2.16. The van der Waals surface area contributed by atoms with E-state index in [9.17, 15) is 8.78 Å². The van der Waals surface area contributed by atoms with Crippen LogP contribution in [0.4, 0.5) is 8.78 Å². The van der Waals surface area contributed by atoms with E-state index in [4.69, 9.17) is 4.74 Å². The van der Waals surface area contributed by atoms with E-state index in [2.05, 4.69) is 35.7 Å². The number of hydrogen-bond acceptors (Lipinski definition) is 3. The molecule has 1 rings (SSSR count). The lowest BCUT2D eigenvalue weighted by Gasteiger charge is -2.23. The Hall–Kier alpha value is -1.50. The van der Waals surface area contributed by atoms with Crippen LogP contribution >= 0.6 is 11.8 Å². The molecule has 4 nitrogen and oxygen atoms in total. The molecule has 0 unspecified atom stereocenters. The highest BCUT2D eigenvalue weighted by atomic mass is 32.2. The highest BCUT2D eigenvalue weighted by Crippen LogP contribution is 2.19. The van der Waals surface area contributed by atoms with Gasteiger partial charge in [0.15, 0.2) is 5.96 Å². The molecule has 0 aliphatic carbocycles. The largest absolute Gasteiger partial charge is 0.488 e. The van der Waals surface area contributed by atoms with Crippen LogP contribution in [0.5, 0.6) is 5.75 Å². The zero-order chi connectivity index (χ0) is 17.3. The summed E-state index contributed by atoms with van der Waals surface area (Å²) in [5.74, 6) is 1.14. The second-order valence-corrected chi connectivity index (χ2v) is 7.11. The molecule has 0 aliphatic rings. The maximum absolute atomic E-state index is 12.2. The van der Waals surface area contributed by atoms with E-state index in [1.54, 1.807) is 37.0 Å². The average Bonchev–Trinajstić information content (AvgIpc) is 2.53. The number of alkyl halides is 2. The lowest BCUT2D eigenvalue weighted by molar-refractivity contribution is 0.0818. The van der Waals surface area contributed by atoms with E-state index < -0.39 is 13.0 Å². The number of rotatable bonds is 8. The maximum atomic E-state index is 12.2. The van der Waals surface area contributed by atoms with Crippen LogP contribution < -0.4 is 15.4 Å². The third kappa shape index (κ3) is 8.06. The van der Waals surface area contributed by atoms with Gasteiger partial charge in [-0.3, -0.25) is 4.99 Å². The van der Waals surface area contributed by atoms with Crippen molar-refractivity contribution in [2.45, 2.75) is 31.6 Å². The monoisotopic (exact) mass is 345 g/mol. The Balaban J connectivity index is 2.51. The quantitative estimate of drug-likeness (QED) is 0.561. The van der Waals surface area contributed by atoms with Crippen LogP contribution in [-0.2, 0) is 6.54 Å². The fraction of sp³-hybridized carbons (Fsp3) is 0.562. The molecule has 0 fully saturated rings. The molecule has 0 bridgehead atoms. The molecule has 130 valence electrons. The maximum Gasteiger partial charge on any atom is 0.272 e. The minimum Gasteiger partial charge on any atom is -0.488 e. The summed E-state index contributed by atoms with van der Waals surface area (Å²) in [5, 5.41) is 6.47. The second kappa shape index (κ2) is 9.60. The van der Waals surface area contributed by atoms with E-state index >= 15 is 0 Å². The average molecular weight is 345 g/mol. The summed E-state index contributed by atoms with van der Waals surface area (Å²) in [5.41, 5.74) is 0.934. The third-order valence-electron chi connectivity index (χ3n) is 3.19. The van der Waals surface area contributed by atoms with E-state index in [-0.39, 0.29) is 4.75 Å². The fourth-order valence-corrected chi connectivity index (χ4v) is 1.90. The predicted octanol–water partition coefficient (Wildman–Crippen LogP) is 3.14. The molecular weight excluding hydrogens is 320 g/mol. The Morgan fingerprint density at radius 3 is 2.70 bits per heavy atom. The van der Waals surface area contributed by atoms with Crippen molar-refractivity contribution in [2.75, 3.05) is 26.5 Å². The first kappa shape index (κ1) is 19.5. The molecule has 1 aromatic carbocycles. The van der Waals surface area contributed by atoms with Crippen LogP contribution in [0.2, 0.25) is 0 Å². The van der Waals surface area contributed by atoms with Gasteiger partial charge in [-0.15, -0.1) is 0 Å². The van der Waals surface area contributed by atoms with Crippen LogP contribution in [0.3, 0.4) is 0 Å². The normalized spacial score (nSPS) is 12.4. The van der Waals surface area contributed by atoms with Crippen molar-refractivity contribution in [3.63, 3.8) is 0 Å². The molecule has 7 heteroatoms. The molecule has 23 heavy (non-hydrogen) atoms. The molecular formula is C16H25F2N3OS. The molecule has 0 amide bonds. The van der Waals surface area contributed by atoms with Crippen LogP contribution in [0, 0.1) is 0 Å². The summed E-state index contributed by atoms with van der Waals surface area (Å²) in [6.45, 7) is 5.03. The molecule has 0 saturated carbocycles. The summed E-state index contributed by atoms with van der Waals surface area (Å²) in [6, 6.07) is 7.10. The van der Waals surface area contributed by atoms with Crippen molar-refractivity contribution in [3.05, 3.63) is 29.8 Å². The smallest absolute Gasteiger partial charge is 0.272 e. The summed E-state index contributed by atoms with van der Waals surface area (Å²) in [6.07, 6.45) is -0.400. The lowest BCUT2D eigenvalue weighted by Crippen LogP contribution is -2.42. The van der Waals surface area contributed by atoms with Gasteiger partial charge in [0.25, 0.3) is 6.43 Å². The van der Waals surface area contributed by atoms with Gasteiger partial charge >= 0.3 is 0 Å². The molecule has 0 aliphatic heterocycles. The Kier molecular flexibility index (Phi) is 8.16. The molecule has 0 heterocycles. The van der Waals surface area contributed by atoms with Gasteiger partial charge in [0.1, 0.15) is 12.4 Å². The van der Waals surface area contributed by atoms with E-state index in [0.29, 0.717) is 18.3 Å². The topological polar surface area (TPSA) is 45.7 Å². The number of thioether (sulfide) groups is 1. The number of hydrogen-bond donors (Lipinski definition) is 2. The summed E-state index contributed by atoms with van der Waals surface area (Å²) in [7, 11) is 1.71. The Labute approximate surface area is 141 Å². The Morgan fingerprint density at radius 2 is 2.09 bits per heavy atom. The number of nitrogens with one attached hydrogen (secondary N) is 2. The number of benzene rings is 1. The highest BCUT2D eigenvalue weighted by molar-refractivity contribution is 7.99. The van der Waals surface area contributed by atoms with Gasteiger partial charge in [0.2, 0.25) is 0 Å². The van der Waals surface area contributed by atoms with Crippen LogP contribution in [0.1, 0.15) is 19.4 Å². The van der Waals surface area contributed by atoms with Gasteiger partial charge in [-0.25, -0.2) is 8.78 Å². The van der Waals surface area contributed by atoms with Gasteiger partial charge in [-0.2, -0.15) is 11.8 Å². The van der Waals surface area contributed by atoms with Crippen molar-refractivity contribution in [2.24, 2.45) is 4.99 Å². The van der Waals surface area contributed by atoms with Crippen LogP contribution in [-0.4, -0.2) is 43.6 Å². The standard InChI is InChI=1S/C16H25F2N3OS/c1-16(2,23-4)11-21-15(19-3)20-9-12-6-5-7-13(8-12)22-10-14(17)18/h5-8,14H,9-11H2,1-4H3,(H2,19,20,21). The molecule has 1 aromatic rings. The van der Waals surface area contributed by atoms with Gasteiger partial charge < -0.3 is 15.4 Å².